The van der Waals surface area contributed by atoms with E-state index in [2.05, 4.69) is 4.90 Å². The Labute approximate surface area is 158 Å². The van der Waals surface area contributed by atoms with Crippen LogP contribution in [0, 0.1) is 17.0 Å². The standard InChI is InChI=1S/C22H22N2O3/c1-16-8-10-18(11-9-16)22(23(2)15-17-6-4-3-5-7-17)20-14-19(24(26)27)12-13-21(20)25/h3-14,22,25H,15H2,1-2H3/t22-/m1/s1. The highest BCUT2D eigenvalue weighted by Crippen LogP contribution is 2.36. The number of aromatic hydroxyl groups is 1. The highest BCUT2D eigenvalue weighted by atomic mass is 16.6. The number of aryl methyl sites for hydroxylation is 1. The monoisotopic (exact) mass is 362 g/mol. The van der Waals surface area contributed by atoms with E-state index in [9.17, 15) is 15.2 Å². The van der Waals surface area contributed by atoms with Crippen molar-refractivity contribution >= 4 is 5.69 Å². The second-order valence-electron chi connectivity index (χ2n) is 6.71. The van der Waals surface area contributed by atoms with Gasteiger partial charge in [-0.15, -0.1) is 0 Å². The minimum absolute atomic E-state index is 0.0342. The van der Waals surface area contributed by atoms with Gasteiger partial charge in [0.1, 0.15) is 5.75 Å². The molecule has 0 unspecified atom stereocenters. The Morgan fingerprint density at radius 3 is 2.33 bits per heavy atom. The van der Waals surface area contributed by atoms with Gasteiger partial charge < -0.3 is 5.11 Å². The number of non-ortho nitro benzene ring substituents is 1. The maximum Gasteiger partial charge on any atom is 0.270 e. The largest absolute Gasteiger partial charge is 0.508 e. The second-order valence-corrected chi connectivity index (χ2v) is 6.71. The minimum atomic E-state index is -0.438. The molecule has 0 saturated carbocycles. The smallest absolute Gasteiger partial charge is 0.270 e. The zero-order chi connectivity index (χ0) is 19.4. The summed E-state index contributed by atoms with van der Waals surface area (Å²) in [7, 11) is 1.95. The van der Waals surface area contributed by atoms with Gasteiger partial charge in [0, 0.05) is 24.2 Å². The Kier molecular flexibility index (Phi) is 5.52. The summed E-state index contributed by atoms with van der Waals surface area (Å²) < 4.78 is 0. The van der Waals surface area contributed by atoms with Crippen molar-refractivity contribution in [3.63, 3.8) is 0 Å². The van der Waals surface area contributed by atoms with Crippen molar-refractivity contribution in [3.05, 3.63) is 105 Å². The second kappa shape index (κ2) is 8.01. The topological polar surface area (TPSA) is 66.6 Å². The van der Waals surface area contributed by atoms with Crippen LogP contribution in [0.3, 0.4) is 0 Å². The molecule has 0 spiro atoms. The van der Waals surface area contributed by atoms with Crippen molar-refractivity contribution in [3.8, 4) is 5.75 Å². The molecule has 0 aliphatic rings. The van der Waals surface area contributed by atoms with E-state index in [-0.39, 0.29) is 17.5 Å². The summed E-state index contributed by atoms with van der Waals surface area (Å²) in [5.41, 5.74) is 3.71. The molecular formula is C22H22N2O3. The summed E-state index contributed by atoms with van der Waals surface area (Å²) in [6.07, 6.45) is 0. The Morgan fingerprint density at radius 2 is 1.70 bits per heavy atom. The number of nitrogens with zero attached hydrogens (tertiary/aromatic N) is 2. The van der Waals surface area contributed by atoms with Crippen LogP contribution >= 0.6 is 0 Å². The van der Waals surface area contributed by atoms with Gasteiger partial charge in [-0.05, 0) is 31.2 Å². The molecule has 0 aliphatic carbocycles. The van der Waals surface area contributed by atoms with Crippen molar-refractivity contribution in [2.75, 3.05) is 7.05 Å². The quantitative estimate of drug-likeness (QED) is 0.504. The fraction of sp³-hybridized carbons (Fsp3) is 0.182. The first-order valence-corrected chi connectivity index (χ1v) is 8.73. The van der Waals surface area contributed by atoms with Crippen molar-refractivity contribution in [2.24, 2.45) is 0 Å². The molecule has 27 heavy (non-hydrogen) atoms. The molecule has 0 saturated heterocycles. The van der Waals surface area contributed by atoms with E-state index in [0.717, 1.165) is 16.7 Å². The van der Waals surface area contributed by atoms with Crippen molar-refractivity contribution in [2.45, 2.75) is 19.5 Å². The van der Waals surface area contributed by atoms with E-state index >= 15 is 0 Å². The van der Waals surface area contributed by atoms with Gasteiger partial charge in [0.15, 0.2) is 0 Å². The number of nitro benzene ring substituents is 1. The van der Waals surface area contributed by atoms with Gasteiger partial charge in [-0.2, -0.15) is 0 Å². The molecule has 138 valence electrons. The van der Waals surface area contributed by atoms with Gasteiger partial charge >= 0.3 is 0 Å². The third-order valence-corrected chi connectivity index (χ3v) is 4.63. The van der Waals surface area contributed by atoms with Crippen LogP contribution < -0.4 is 0 Å². The molecule has 5 nitrogen and oxygen atoms in total. The van der Waals surface area contributed by atoms with Gasteiger partial charge in [-0.25, -0.2) is 0 Å². The zero-order valence-corrected chi connectivity index (χ0v) is 15.4. The van der Waals surface area contributed by atoms with Crippen LogP contribution in [0.4, 0.5) is 5.69 Å². The third kappa shape index (κ3) is 4.33. The van der Waals surface area contributed by atoms with Crippen LogP contribution in [0.5, 0.6) is 5.75 Å². The van der Waals surface area contributed by atoms with Crippen LogP contribution in [-0.4, -0.2) is 22.0 Å². The molecule has 1 N–H and O–H groups in total. The van der Waals surface area contributed by atoms with Gasteiger partial charge in [-0.1, -0.05) is 60.2 Å². The summed E-state index contributed by atoms with van der Waals surface area (Å²) >= 11 is 0. The summed E-state index contributed by atoms with van der Waals surface area (Å²) in [5, 5.41) is 21.7. The van der Waals surface area contributed by atoms with Crippen LogP contribution in [-0.2, 0) is 6.54 Å². The van der Waals surface area contributed by atoms with Crippen LogP contribution in [0.2, 0.25) is 0 Å². The first kappa shape index (κ1) is 18.6. The van der Waals surface area contributed by atoms with E-state index in [1.807, 2.05) is 68.6 Å². The van der Waals surface area contributed by atoms with Gasteiger partial charge in [-0.3, -0.25) is 15.0 Å². The van der Waals surface area contributed by atoms with E-state index in [1.54, 1.807) is 0 Å². The Hall–Kier alpha value is -3.18. The molecule has 0 heterocycles. The predicted molar refractivity (Wildman–Crippen MR) is 106 cm³/mol. The highest BCUT2D eigenvalue weighted by Gasteiger charge is 2.24. The summed E-state index contributed by atoms with van der Waals surface area (Å²) in [6.45, 7) is 2.65. The maximum atomic E-state index is 11.2. The Morgan fingerprint density at radius 1 is 1.04 bits per heavy atom. The number of nitro groups is 1. The van der Waals surface area contributed by atoms with Crippen LogP contribution in [0.15, 0.2) is 72.8 Å². The average Bonchev–Trinajstić information content (AvgIpc) is 2.65. The molecule has 0 aromatic heterocycles. The molecule has 0 amide bonds. The number of phenols is 1. The van der Waals surface area contributed by atoms with Gasteiger partial charge in [0.05, 0.1) is 11.0 Å². The van der Waals surface area contributed by atoms with E-state index in [4.69, 9.17) is 0 Å². The van der Waals surface area contributed by atoms with Crippen LogP contribution in [0.25, 0.3) is 0 Å². The molecule has 1 atom stereocenters. The lowest BCUT2D eigenvalue weighted by molar-refractivity contribution is -0.385. The average molecular weight is 362 g/mol. The molecule has 3 aromatic carbocycles. The summed E-state index contributed by atoms with van der Waals surface area (Å²) in [5.74, 6) is 0.0473. The molecule has 0 aliphatic heterocycles. The predicted octanol–water partition coefficient (Wildman–Crippen LogP) is 4.83. The highest BCUT2D eigenvalue weighted by molar-refractivity contribution is 5.48. The van der Waals surface area contributed by atoms with E-state index in [1.165, 1.54) is 18.2 Å². The molecule has 3 rings (SSSR count). The maximum absolute atomic E-state index is 11.2. The molecular weight excluding hydrogens is 340 g/mol. The number of phenolic OH excluding ortho intramolecular Hbond substituents is 1. The van der Waals surface area contributed by atoms with E-state index in [0.29, 0.717) is 12.1 Å². The van der Waals surface area contributed by atoms with Crippen molar-refractivity contribution in [1.29, 1.82) is 0 Å². The van der Waals surface area contributed by atoms with E-state index < -0.39 is 4.92 Å². The van der Waals surface area contributed by atoms with Crippen molar-refractivity contribution < 1.29 is 10.0 Å². The molecule has 0 fully saturated rings. The lowest BCUT2D eigenvalue weighted by Gasteiger charge is -2.29. The van der Waals surface area contributed by atoms with Gasteiger partial charge in [0.25, 0.3) is 5.69 Å². The minimum Gasteiger partial charge on any atom is -0.508 e. The number of benzene rings is 3. The summed E-state index contributed by atoms with van der Waals surface area (Å²) in [4.78, 5) is 12.9. The third-order valence-electron chi connectivity index (χ3n) is 4.63. The first-order valence-electron chi connectivity index (χ1n) is 8.73. The number of hydrogen-bond acceptors (Lipinski definition) is 4. The van der Waals surface area contributed by atoms with Crippen molar-refractivity contribution in [1.82, 2.24) is 4.90 Å². The molecule has 0 bridgehead atoms. The Bertz CT molecular complexity index is 924. The SMILES string of the molecule is Cc1ccc([C@H](c2cc([N+](=O)[O-])ccc2O)N(C)Cc2ccccc2)cc1. The first-order chi connectivity index (χ1) is 13.0. The lowest BCUT2D eigenvalue weighted by Crippen LogP contribution is -2.25. The summed E-state index contributed by atoms with van der Waals surface area (Å²) in [6, 6.07) is 21.9. The molecule has 3 aromatic rings. The molecule has 5 heteroatoms. The zero-order valence-electron chi connectivity index (χ0n) is 15.4. The number of rotatable bonds is 6. The lowest BCUT2D eigenvalue weighted by atomic mass is 9.95. The fourth-order valence-electron chi connectivity index (χ4n) is 3.26. The fourth-order valence-corrected chi connectivity index (χ4v) is 3.26. The number of hydrogen-bond donors (Lipinski definition) is 1. The molecule has 0 radical (unpaired) electrons. The normalized spacial score (nSPS) is 12.1. The van der Waals surface area contributed by atoms with Crippen LogP contribution in [0.1, 0.15) is 28.3 Å². The van der Waals surface area contributed by atoms with Gasteiger partial charge in [0.2, 0.25) is 0 Å². The Balaban J connectivity index is 2.06.